The molecule has 0 aromatic carbocycles. The van der Waals surface area contributed by atoms with Gasteiger partial charge in [-0.3, -0.25) is 4.79 Å². The first-order chi connectivity index (χ1) is 9.97. The fourth-order valence-corrected chi connectivity index (χ4v) is 7.03. The molecule has 0 aromatic heterocycles. The van der Waals surface area contributed by atoms with E-state index in [9.17, 15) is 9.18 Å². The monoisotopic (exact) mass is 292 g/mol. The zero-order valence-electron chi connectivity index (χ0n) is 13.5. The molecule has 0 aliphatic heterocycles. The zero-order valence-corrected chi connectivity index (χ0v) is 13.5. The molecule has 4 fully saturated rings. The molecular weight excluding hydrogens is 263 g/mol. The van der Waals surface area contributed by atoms with Crippen molar-refractivity contribution >= 4 is 5.78 Å². The lowest BCUT2D eigenvalue weighted by atomic mass is 9.45. The zero-order chi connectivity index (χ0) is 14.8. The fraction of sp³-hybridized carbons (Fsp3) is 0.947. The highest BCUT2D eigenvalue weighted by molar-refractivity contribution is 5.86. The Labute approximate surface area is 128 Å². The lowest BCUT2D eigenvalue weighted by Gasteiger charge is -2.59. The van der Waals surface area contributed by atoms with E-state index in [1.54, 1.807) is 0 Å². The van der Waals surface area contributed by atoms with Gasteiger partial charge in [0.15, 0.2) is 12.0 Å². The molecule has 118 valence electrons. The summed E-state index contributed by atoms with van der Waals surface area (Å²) in [6.45, 7) is 4.60. The second-order valence-electron chi connectivity index (χ2n) is 8.98. The third-order valence-corrected chi connectivity index (χ3v) is 8.30. The Hall–Kier alpha value is -0.400. The van der Waals surface area contributed by atoms with Crippen molar-refractivity contribution in [3.05, 3.63) is 0 Å². The van der Waals surface area contributed by atoms with Gasteiger partial charge in [-0.15, -0.1) is 0 Å². The first-order valence-corrected chi connectivity index (χ1v) is 9.13. The molecule has 0 N–H and O–H groups in total. The molecule has 1 nitrogen and oxygen atoms in total. The Morgan fingerprint density at radius 3 is 2.57 bits per heavy atom. The van der Waals surface area contributed by atoms with Gasteiger partial charge in [-0.05, 0) is 67.6 Å². The minimum Gasteiger partial charge on any atom is -0.296 e. The van der Waals surface area contributed by atoms with Crippen LogP contribution < -0.4 is 0 Å². The Bertz CT molecular complexity index is 460. The van der Waals surface area contributed by atoms with Crippen molar-refractivity contribution in [3.63, 3.8) is 0 Å². The predicted octanol–water partition coefficient (Wildman–Crippen LogP) is 4.94. The minimum absolute atomic E-state index is 0.0981. The van der Waals surface area contributed by atoms with Gasteiger partial charge in [-0.1, -0.05) is 26.7 Å². The summed E-state index contributed by atoms with van der Waals surface area (Å²) in [6, 6.07) is 0. The van der Waals surface area contributed by atoms with Crippen LogP contribution in [0.2, 0.25) is 0 Å². The summed E-state index contributed by atoms with van der Waals surface area (Å²) in [7, 11) is 0. The van der Waals surface area contributed by atoms with Gasteiger partial charge >= 0.3 is 0 Å². The van der Waals surface area contributed by atoms with Crippen LogP contribution in [0.3, 0.4) is 0 Å². The van der Waals surface area contributed by atoms with Crippen molar-refractivity contribution in [1.29, 1.82) is 0 Å². The molecule has 2 unspecified atom stereocenters. The summed E-state index contributed by atoms with van der Waals surface area (Å²) < 4.78 is 14.5. The van der Waals surface area contributed by atoms with Crippen LogP contribution in [0.1, 0.15) is 71.6 Å². The molecule has 0 aromatic rings. The van der Waals surface area contributed by atoms with Crippen LogP contribution in [-0.2, 0) is 4.79 Å². The summed E-state index contributed by atoms with van der Waals surface area (Å²) in [5.41, 5.74) is 0.149. The Morgan fingerprint density at radius 1 is 0.952 bits per heavy atom. The van der Waals surface area contributed by atoms with E-state index in [4.69, 9.17) is 0 Å². The molecule has 0 bridgehead atoms. The van der Waals surface area contributed by atoms with Crippen LogP contribution in [0.5, 0.6) is 0 Å². The standard InChI is InChI=1S/C19H29FO/c1-18-9-4-3-5-12(18)6-7-13-14(18)8-10-19(2)15(13)11-16(21)17(19)20/h12-15,17H,3-11H2,1-2H3/t12?,13-,14-,15+,17?,18+,19+/m1/s1. The normalized spacial score (nSPS) is 56.5. The molecule has 0 radical (unpaired) electrons. The second-order valence-corrected chi connectivity index (χ2v) is 8.98. The maximum atomic E-state index is 14.5. The maximum Gasteiger partial charge on any atom is 0.167 e. The lowest BCUT2D eigenvalue weighted by Crippen LogP contribution is -2.53. The molecule has 2 heteroatoms. The van der Waals surface area contributed by atoms with Gasteiger partial charge < -0.3 is 0 Å². The minimum atomic E-state index is -1.18. The number of hydrogen-bond donors (Lipinski definition) is 0. The Kier molecular flexibility index (Phi) is 3.08. The van der Waals surface area contributed by atoms with Crippen LogP contribution in [0.4, 0.5) is 4.39 Å². The Balaban J connectivity index is 1.67. The van der Waals surface area contributed by atoms with Gasteiger partial charge in [0.25, 0.3) is 0 Å². The summed E-state index contributed by atoms with van der Waals surface area (Å²) in [5, 5.41) is 0. The molecule has 0 saturated heterocycles. The SMILES string of the molecule is C[C@]12CCCCC1CC[C@@H]1[C@H]2CC[C@]2(C)C(F)C(=O)C[C@@H]12. The quantitative estimate of drug-likeness (QED) is 0.618. The molecule has 4 aliphatic carbocycles. The number of carbonyl (C=O) groups is 1. The van der Waals surface area contributed by atoms with Gasteiger partial charge in [-0.25, -0.2) is 4.39 Å². The number of alkyl halides is 1. The molecule has 0 spiro atoms. The molecule has 4 rings (SSSR count). The van der Waals surface area contributed by atoms with Gasteiger partial charge in [0.2, 0.25) is 0 Å². The molecular formula is C19H29FO. The number of ketones is 1. The number of hydrogen-bond acceptors (Lipinski definition) is 1. The highest BCUT2D eigenvalue weighted by Gasteiger charge is 2.62. The number of carbonyl (C=O) groups excluding carboxylic acids is 1. The molecule has 0 amide bonds. The van der Waals surface area contributed by atoms with Gasteiger partial charge in [-0.2, -0.15) is 0 Å². The van der Waals surface area contributed by atoms with Gasteiger partial charge in [0.1, 0.15) is 0 Å². The first kappa shape index (κ1) is 14.2. The van der Waals surface area contributed by atoms with E-state index in [-0.39, 0.29) is 11.2 Å². The van der Waals surface area contributed by atoms with E-state index in [1.807, 2.05) is 0 Å². The van der Waals surface area contributed by atoms with Crippen LogP contribution in [0, 0.1) is 34.5 Å². The van der Waals surface area contributed by atoms with Crippen molar-refractivity contribution in [2.24, 2.45) is 34.5 Å². The number of Topliss-reactive ketones (excluding diaryl/α,β-unsaturated/α-hetero) is 1. The lowest BCUT2D eigenvalue weighted by molar-refractivity contribution is -0.125. The van der Waals surface area contributed by atoms with Gasteiger partial charge in [0, 0.05) is 11.8 Å². The first-order valence-electron chi connectivity index (χ1n) is 9.13. The van der Waals surface area contributed by atoms with Gasteiger partial charge in [0.05, 0.1) is 0 Å². The third kappa shape index (κ3) is 1.77. The van der Waals surface area contributed by atoms with Crippen LogP contribution >= 0.6 is 0 Å². The number of halogens is 1. The Morgan fingerprint density at radius 2 is 1.76 bits per heavy atom. The van der Waals surface area contributed by atoms with Crippen molar-refractivity contribution in [2.75, 3.05) is 0 Å². The number of rotatable bonds is 0. The van der Waals surface area contributed by atoms with E-state index in [0.29, 0.717) is 23.7 Å². The van der Waals surface area contributed by atoms with Crippen LogP contribution in [-0.4, -0.2) is 12.0 Å². The maximum absolute atomic E-state index is 14.5. The summed E-state index contributed by atoms with van der Waals surface area (Å²) in [6.07, 6.45) is 9.60. The van der Waals surface area contributed by atoms with E-state index in [1.165, 1.54) is 44.9 Å². The largest absolute Gasteiger partial charge is 0.296 e. The average Bonchev–Trinajstić information content (AvgIpc) is 2.70. The van der Waals surface area contributed by atoms with Crippen LogP contribution in [0.25, 0.3) is 0 Å². The molecule has 4 saturated carbocycles. The van der Waals surface area contributed by atoms with Crippen LogP contribution in [0.15, 0.2) is 0 Å². The van der Waals surface area contributed by atoms with E-state index >= 15 is 0 Å². The van der Waals surface area contributed by atoms with Crippen molar-refractivity contribution in [3.8, 4) is 0 Å². The molecule has 4 aliphatic rings. The van der Waals surface area contributed by atoms with Crippen molar-refractivity contribution in [2.45, 2.75) is 77.8 Å². The van der Waals surface area contributed by atoms with Crippen molar-refractivity contribution in [1.82, 2.24) is 0 Å². The topological polar surface area (TPSA) is 17.1 Å². The molecule has 7 atom stereocenters. The predicted molar refractivity (Wildman–Crippen MR) is 81.6 cm³/mol. The number of fused-ring (bicyclic) bond motifs is 5. The summed E-state index contributed by atoms with van der Waals surface area (Å²) in [5.74, 6) is 2.51. The summed E-state index contributed by atoms with van der Waals surface area (Å²) in [4.78, 5) is 12.0. The molecule has 21 heavy (non-hydrogen) atoms. The second kappa shape index (κ2) is 4.55. The van der Waals surface area contributed by atoms with Crippen molar-refractivity contribution < 1.29 is 9.18 Å². The van der Waals surface area contributed by atoms with E-state index in [0.717, 1.165) is 18.3 Å². The fourth-order valence-electron chi connectivity index (χ4n) is 7.03. The summed E-state index contributed by atoms with van der Waals surface area (Å²) >= 11 is 0. The highest BCUT2D eigenvalue weighted by Crippen LogP contribution is 2.66. The third-order valence-electron chi connectivity index (χ3n) is 8.30. The smallest absolute Gasteiger partial charge is 0.167 e. The van der Waals surface area contributed by atoms with E-state index in [2.05, 4.69) is 13.8 Å². The van der Waals surface area contributed by atoms with E-state index < -0.39 is 6.17 Å². The molecule has 0 heterocycles. The highest BCUT2D eigenvalue weighted by atomic mass is 19.1. The average molecular weight is 292 g/mol.